The number of hydrogen-bond acceptors (Lipinski definition) is 2. The molecule has 19 heavy (non-hydrogen) atoms. The number of amides is 1. The molecule has 4 heteroatoms. The first kappa shape index (κ1) is 13.3. The van der Waals surface area contributed by atoms with Gasteiger partial charge in [-0.05, 0) is 63.2 Å². The van der Waals surface area contributed by atoms with Crippen molar-refractivity contribution in [2.45, 2.75) is 57.9 Å². The molecule has 0 aromatic rings. The second-order valence-electron chi connectivity index (χ2n) is 7.24. The number of carbonyl (C=O) groups is 1. The van der Waals surface area contributed by atoms with E-state index in [2.05, 4.69) is 5.32 Å². The lowest BCUT2D eigenvalue weighted by Gasteiger charge is -2.55. The van der Waals surface area contributed by atoms with E-state index in [1.807, 2.05) is 6.92 Å². The van der Waals surface area contributed by atoms with Crippen LogP contribution in [0.4, 0.5) is 0 Å². The highest BCUT2D eigenvalue weighted by molar-refractivity contribution is 7.80. The summed E-state index contributed by atoms with van der Waals surface area (Å²) in [4.78, 5) is 13.2. The lowest BCUT2D eigenvalue weighted by Crippen LogP contribution is -2.55. The molecule has 3 nitrogen and oxygen atoms in total. The number of nitrogens with one attached hydrogen (secondary N) is 1. The first-order valence-corrected chi connectivity index (χ1v) is 7.97. The van der Waals surface area contributed by atoms with Crippen molar-refractivity contribution in [3.63, 3.8) is 0 Å². The van der Waals surface area contributed by atoms with Gasteiger partial charge in [0, 0.05) is 17.9 Å². The minimum Gasteiger partial charge on any atom is -0.393 e. The molecule has 4 rings (SSSR count). The van der Waals surface area contributed by atoms with E-state index in [9.17, 15) is 4.79 Å². The SMILES string of the molecule is CC(CC(N)=S)NC(=O)C12CC3CC(CC(C3)C1)C2. The van der Waals surface area contributed by atoms with Gasteiger partial charge in [0.05, 0.1) is 4.99 Å². The molecule has 1 unspecified atom stereocenters. The zero-order valence-electron chi connectivity index (χ0n) is 11.7. The first-order valence-electron chi connectivity index (χ1n) is 7.56. The zero-order chi connectivity index (χ0) is 13.6. The predicted molar refractivity (Wildman–Crippen MR) is 79.6 cm³/mol. The Bertz CT molecular complexity index is 372. The Morgan fingerprint density at radius 2 is 1.74 bits per heavy atom. The van der Waals surface area contributed by atoms with Gasteiger partial charge < -0.3 is 11.1 Å². The van der Waals surface area contributed by atoms with Gasteiger partial charge in [-0.3, -0.25) is 4.79 Å². The van der Waals surface area contributed by atoms with E-state index in [0.717, 1.165) is 37.0 Å². The molecule has 106 valence electrons. The number of rotatable bonds is 4. The third kappa shape index (κ3) is 2.51. The summed E-state index contributed by atoms with van der Waals surface area (Å²) >= 11 is 4.92. The third-order valence-corrected chi connectivity index (χ3v) is 5.57. The van der Waals surface area contributed by atoms with E-state index in [4.69, 9.17) is 18.0 Å². The number of hydrogen-bond donors (Lipinski definition) is 2. The minimum atomic E-state index is -0.0563. The Kier molecular flexibility index (Phi) is 3.32. The fraction of sp³-hybridized carbons (Fsp3) is 0.867. The summed E-state index contributed by atoms with van der Waals surface area (Å²) in [5.41, 5.74) is 5.50. The van der Waals surface area contributed by atoms with Crippen molar-refractivity contribution in [2.24, 2.45) is 28.9 Å². The van der Waals surface area contributed by atoms with E-state index in [1.54, 1.807) is 0 Å². The molecule has 4 fully saturated rings. The van der Waals surface area contributed by atoms with Crippen molar-refractivity contribution in [1.29, 1.82) is 0 Å². The van der Waals surface area contributed by atoms with Crippen molar-refractivity contribution in [1.82, 2.24) is 5.32 Å². The van der Waals surface area contributed by atoms with Gasteiger partial charge in [-0.2, -0.15) is 0 Å². The Balaban J connectivity index is 1.67. The van der Waals surface area contributed by atoms with E-state index < -0.39 is 0 Å². The van der Waals surface area contributed by atoms with Crippen molar-refractivity contribution in [3.05, 3.63) is 0 Å². The van der Waals surface area contributed by atoms with Crippen molar-refractivity contribution >= 4 is 23.1 Å². The van der Waals surface area contributed by atoms with Crippen LogP contribution in [0.15, 0.2) is 0 Å². The molecule has 0 heterocycles. The molecule has 4 aliphatic carbocycles. The summed E-state index contributed by atoms with van der Waals surface area (Å²) in [5.74, 6) is 2.70. The number of carbonyl (C=O) groups excluding carboxylic acids is 1. The largest absolute Gasteiger partial charge is 0.393 e. The smallest absolute Gasteiger partial charge is 0.226 e. The maximum absolute atomic E-state index is 12.7. The van der Waals surface area contributed by atoms with Crippen LogP contribution in [0.3, 0.4) is 0 Å². The fourth-order valence-electron chi connectivity index (χ4n) is 5.12. The van der Waals surface area contributed by atoms with Crippen LogP contribution in [0.25, 0.3) is 0 Å². The van der Waals surface area contributed by atoms with Gasteiger partial charge >= 0.3 is 0 Å². The normalized spacial score (nSPS) is 41.0. The van der Waals surface area contributed by atoms with Crippen LogP contribution in [0, 0.1) is 23.2 Å². The van der Waals surface area contributed by atoms with E-state index in [1.165, 1.54) is 19.3 Å². The van der Waals surface area contributed by atoms with Crippen molar-refractivity contribution in [2.75, 3.05) is 0 Å². The first-order chi connectivity index (χ1) is 8.97. The molecular formula is C15H24N2OS. The molecule has 0 spiro atoms. The number of thiocarbonyl (C=S) groups is 1. The molecule has 4 bridgehead atoms. The third-order valence-electron chi connectivity index (χ3n) is 5.40. The zero-order valence-corrected chi connectivity index (χ0v) is 12.5. The van der Waals surface area contributed by atoms with Crippen molar-refractivity contribution < 1.29 is 4.79 Å². The molecule has 1 amide bonds. The summed E-state index contributed by atoms with van der Waals surface area (Å²) in [5, 5.41) is 3.16. The molecule has 0 radical (unpaired) electrons. The van der Waals surface area contributed by atoms with Crippen LogP contribution in [0.5, 0.6) is 0 Å². The second kappa shape index (κ2) is 4.72. The average molecular weight is 280 g/mol. The monoisotopic (exact) mass is 280 g/mol. The lowest BCUT2D eigenvalue weighted by molar-refractivity contribution is -0.146. The van der Waals surface area contributed by atoms with Crippen LogP contribution in [0.2, 0.25) is 0 Å². The van der Waals surface area contributed by atoms with E-state index in [0.29, 0.717) is 11.4 Å². The Hall–Kier alpha value is -0.640. The van der Waals surface area contributed by atoms with Gasteiger partial charge in [-0.1, -0.05) is 12.2 Å². The highest BCUT2D eigenvalue weighted by Crippen LogP contribution is 2.60. The highest BCUT2D eigenvalue weighted by Gasteiger charge is 2.54. The molecule has 3 N–H and O–H groups in total. The van der Waals surface area contributed by atoms with Gasteiger partial charge in [0.1, 0.15) is 0 Å². The van der Waals surface area contributed by atoms with Crippen LogP contribution in [0.1, 0.15) is 51.9 Å². The average Bonchev–Trinajstić information content (AvgIpc) is 2.25. The van der Waals surface area contributed by atoms with Gasteiger partial charge in [-0.15, -0.1) is 0 Å². The van der Waals surface area contributed by atoms with Gasteiger partial charge in [-0.25, -0.2) is 0 Å². The number of nitrogens with two attached hydrogens (primary N) is 1. The maximum atomic E-state index is 12.7. The molecule has 0 aliphatic heterocycles. The molecule has 4 aliphatic rings. The highest BCUT2D eigenvalue weighted by atomic mass is 32.1. The van der Waals surface area contributed by atoms with Gasteiger partial charge in [0.2, 0.25) is 5.91 Å². The Morgan fingerprint density at radius 1 is 1.26 bits per heavy atom. The molecule has 0 aromatic heterocycles. The predicted octanol–water partition coefficient (Wildman–Crippen LogP) is 2.38. The summed E-state index contributed by atoms with van der Waals surface area (Å²) < 4.78 is 0. The topological polar surface area (TPSA) is 55.1 Å². The van der Waals surface area contributed by atoms with Crippen molar-refractivity contribution in [3.8, 4) is 0 Å². The van der Waals surface area contributed by atoms with E-state index >= 15 is 0 Å². The molecule has 1 atom stereocenters. The van der Waals surface area contributed by atoms with E-state index in [-0.39, 0.29) is 17.4 Å². The van der Waals surface area contributed by atoms with Crippen LogP contribution in [-0.4, -0.2) is 16.9 Å². The lowest BCUT2D eigenvalue weighted by atomic mass is 9.49. The Morgan fingerprint density at radius 3 is 2.16 bits per heavy atom. The minimum absolute atomic E-state index is 0.0563. The summed E-state index contributed by atoms with van der Waals surface area (Å²) in [7, 11) is 0. The summed E-state index contributed by atoms with van der Waals surface area (Å²) in [6.07, 6.45) is 8.06. The molecular weight excluding hydrogens is 256 g/mol. The maximum Gasteiger partial charge on any atom is 0.226 e. The fourth-order valence-corrected chi connectivity index (χ4v) is 5.37. The summed E-state index contributed by atoms with van der Waals surface area (Å²) in [6, 6.07) is 0.0676. The van der Waals surface area contributed by atoms with Crippen LogP contribution < -0.4 is 11.1 Å². The Labute approximate surface area is 120 Å². The van der Waals surface area contributed by atoms with Gasteiger partial charge in [0.15, 0.2) is 0 Å². The van der Waals surface area contributed by atoms with Gasteiger partial charge in [0.25, 0.3) is 0 Å². The second-order valence-corrected chi connectivity index (χ2v) is 7.77. The standard InChI is InChI=1S/C15H24N2OS/c1-9(2-13(16)19)17-14(18)15-6-10-3-11(7-15)5-12(4-10)8-15/h9-12H,2-8H2,1H3,(H2,16,19)(H,17,18). The van der Waals surface area contributed by atoms with Crippen LogP contribution in [-0.2, 0) is 4.79 Å². The summed E-state index contributed by atoms with van der Waals surface area (Å²) in [6.45, 7) is 2.00. The molecule has 0 aromatic carbocycles. The molecule has 4 saturated carbocycles. The molecule has 0 saturated heterocycles. The van der Waals surface area contributed by atoms with Crippen LogP contribution >= 0.6 is 12.2 Å². The quantitative estimate of drug-likeness (QED) is 0.777.